The van der Waals surface area contributed by atoms with Gasteiger partial charge in [0, 0.05) is 18.2 Å². The van der Waals surface area contributed by atoms with Crippen LogP contribution in [0, 0.1) is 11.3 Å². The summed E-state index contributed by atoms with van der Waals surface area (Å²) in [6, 6.07) is 23.4. The van der Waals surface area contributed by atoms with Gasteiger partial charge in [0.25, 0.3) is 0 Å². The third-order valence-corrected chi connectivity index (χ3v) is 5.06. The Morgan fingerprint density at radius 1 is 0.972 bits per heavy atom. The number of hydrogen-bond donors (Lipinski definition) is 1. The van der Waals surface area contributed by atoms with Crippen molar-refractivity contribution in [3.63, 3.8) is 0 Å². The minimum Gasteiger partial charge on any atom is -0.489 e. The van der Waals surface area contributed by atoms with Gasteiger partial charge in [-0.15, -0.1) is 0 Å². The van der Waals surface area contributed by atoms with Crippen molar-refractivity contribution in [1.82, 2.24) is 0 Å². The molecule has 3 aromatic rings. The molecule has 0 spiro atoms. The molecule has 3 aromatic carbocycles. The second-order valence-electron chi connectivity index (χ2n) is 7.76. The Labute approximate surface area is 210 Å². The zero-order valence-corrected chi connectivity index (χ0v) is 20.2. The predicted molar refractivity (Wildman–Crippen MR) is 133 cm³/mol. The highest BCUT2D eigenvalue weighted by atomic mass is 16.6. The quantitative estimate of drug-likeness (QED) is 0.363. The average Bonchev–Trinajstić information content (AvgIpc) is 2.90. The lowest BCUT2D eigenvalue weighted by atomic mass is 10.0. The zero-order valence-electron chi connectivity index (χ0n) is 20.2. The molecule has 1 unspecified atom stereocenters. The van der Waals surface area contributed by atoms with Gasteiger partial charge in [0.05, 0.1) is 24.3 Å². The van der Waals surface area contributed by atoms with Gasteiger partial charge in [-0.2, -0.15) is 5.26 Å². The molecule has 0 saturated carbocycles. The maximum atomic E-state index is 11.9. The highest BCUT2D eigenvalue weighted by Gasteiger charge is 2.20. The largest absolute Gasteiger partial charge is 0.489 e. The van der Waals surface area contributed by atoms with Gasteiger partial charge in [-0.3, -0.25) is 4.79 Å². The number of anilines is 1. The molecule has 0 bridgehead atoms. The van der Waals surface area contributed by atoms with Gasteiger partial charge in [-0.1, -0.05) is 30.3 Å². The summed E-state index contributed by atoms with van der Waals surface area (Å²) in [5.74, 6) is 0.0525. The molecule has 0 saturated heterocycles. The Morgan fingerprint density at radius 3 is 2.39 bits per heavy atom. The normalized spacial score (nSPS) is 11.0. The number of nitrogens with one attached hydrogen (secondary N) is 1. The molecule has 0 aliphatic carbocycles. The lowest BCUT2D eigenvalue weighted by Gasteiger charge is -2.23. The second-order valence-corrected chi connectivity index (χ2v) is 7.76. The first-order valence-electron chi connectivity index (χ1n) is 11.5. The number of nitrogens with zero attached hydrogens (tertiary/aromatic N) is 1. The Balaban J connectivity index is 1.91. The molecule has 8 heteroatoms. The van der Waals surface area contributed by atoms with E-state index in [0.29, 0.717) is 34.9 Å². The number of carbonyl (C=O) groups is 2. The summed E-state index contributed by atoms with van der Waals surface area (Å²) in [7, 11) is 0. The minimum absolute atomic E-state index is 0.00671. The van der Waals surface area contributed by atoms with E-state index < -0.39 is 18.0 Å². The summed E-state index contributed by atoms with van der Waals surface area (Å²) in [5.41, 5.74) is 2.86. The molecule has 1 N–H and O–H groups in total. The van der Waals surface area contributed by atoms with Crippen LogP contribution in [-0.4, -0.2) is 31.8 Å². The SMILES string of the molecule is CCOC(=O)COc1ccc(OCc2ccccc2)cc1C(COC(C)=O)Nc1ccc(C#N)cc1. The van der Waals surface area contributed by atoms with Crippen molar-refractivity contribution in [2.24, 2.45) is 0 Å². The van der Waals surface area contributed by atoms with Crippen LogP contribution < -0.4 is 14.8 Å². The third kappa shape index (κ3) is 8.06. The molecule has 186 valence electrons. The molecule has 0 amide bonds. The first-order valence-corrected chi connectivity index (χ1v) is 11.5. The standard InChI is InChI=1S/C28H28N2O6/c1-3-33-28(32)19-36-27-14-13-24(35-17-22-7-5-4-6-8-22)15-25(27)26(18-34-20(2)31)30-23-11-9-21(16-29)10-12-23/h4-15,26,30H,3,17-19H2,1-2H3. The Bertz CT molecular complexity index is 1190. The number of esters is 2. The third-order valence-electron chi connectivity index (χ3n) is 5.06. The first-order chi connectivity index (χ1) is 17.5. The molecule has 0 fully saturated rings. The van der Waals surface area contributed by atoms with Gasteiger partial charge in [0.2, 0.25) is 0 Å². The monoisotopic (exact) mass is 488 g/mol. The molecule has 36 heavy (non-hydrogen) atoms. The molecule has 3 rings (SSSR count). The van der Waals surface area contributed by atoms with Crippen LogP contribution in [0.4, 0.5) is 5.69 Å². The van der Waals surface area contributed by atoms with Crippen molar-refractivity contribution in [2.75, 3.05) is 25.1 Å². The van der Waals surface area contributed by atoms with Crippen molar-refractivity contribution in [2.45, 2.75) is 26.5 Å². The number of hydrogen-bond acceptors (Lipinski definition) is 8. The van der Waals surface area contributed by atoms with Gasteiger partial charge >= 0.3 is 11.9 Å². The van der Waals surface area contributed by atoms with Crippen molar-refractivity contribution >= 4 is 17.6 Å². The van der Waals surface area contributed by atoms with Crippen LogP contribution in [0.15, 0.2) is 72.8 Å². The van der Waals surface area contributed by atoms with Crippen molar-refractivity contribution in [3.8, 4) is 17.6 Å². The maximum Gasteiger partial charge on any atom is 0.344 e. The van der Waals surface area contributed by atoms with E-state index in [9.17, 15) is 9.59 Å². The summed E-state index contributed by atoms with van der Waals surface area (Å²) in [5, 5.41) is 12.4. The van der Waals surface area contributed by atoms with Crippen LogP contribution in [-0.2, 0) is 25.7 Å². The molecule has 0 aromatic heterocycles. The summed E-state index contributed by atoms with van der Waals surface area (Å²) >= 11 is 0. The fourth-order valence-corrected chi connectivity index (χ4v) is 3.35. The van der Waals surface area contributed by atoms with Gasteiger partial charge in [-0.05, 0) is 55.0 Å². The lowest BCUT2D eigenvalue weighted by molar-refractivity contribution is -0.145. The number of ether oxygens (including phenoxy) is 4. The molecular formula is C28H28N2O6. The van der Waals surface area contributed by atoms with Crippen LogP contribution in [0.1, 0.15) is 36.6 Å². The smallest absolute Gasteiger partial charge is 0.344 e. The van der Waals surface area contributed by atoms with Crippen LogP contribution in [0.5, 0.6) is 11.5 Å². The molecule has 0 heterocycles. The topological polar surface area (TPSA) is 107 Å². The minimum atomic E-state index is -0.542. The van der Waals surface area contributed by atoms with E-state index in [-0.39, 0.29) is 19.8 Å². The maximum absolute atomic E-state index is 11.9. The van der Waals surface area contributed by atoms with Gasteiger partial charge in [0.1, 0.15) is 24.7 Å². The van der Waals surface area contributed by atoms with Crippen molar-refractivity contribution in [3.05, 3.63) is 89.5 Å². The van der Waals surface area contributed by atoms with Crippen LogP contribution >= 0.6 is 0 Å². The van der Waals surface area contributed by atoms with Crippen molar-refractivity contribution < 1.29 is 28.5 Å². The fraction of sp³-hybridized carbons (Fsp3) is 0.250. The second kappa shape index (κ2) is 13.4. The van der Waals surface area contributed by atoms with E-state index in [2.05, 4.69) is 11.4 Å². The summed E-state index contributed by atoms with van der Waals surface area (Å²) in [4.78, 5) is 23.5. The zero-order chi connectivity index (χ0) is 25.8. The van der Waals surface area contributed by atoms with E-state index >= 15 is 0 Å². The van der Waals surface area contributed by atoms with Crippen LogP contribution in [0.3, 0.4) is 0 Å². The van der Waals surface area contributed by atoms with Gasteiger partial charge in [0.15, 0.2) is 6.61 Å². The van der Waals surface area contributed by atoms with E-state index in [4.69, 9.17) is 24.2 Å². The Morgan fingerprint density at radius 2 is 1.72 bits per heavy atom. The van der Waals surface area contributed by atoms with Gasteiger partial charge < -0.3 is 24.3 Å². The number of rotatable bonds is 12. The number of benzene rings is 3. The summed E-state index contributed by atoms with van der Waals surface area (Å²) in [6.45, 7) is 3.38. The lowest BCUT2D eigenvalue weighted by Crippen LogP contribution is -2.21. The fourth-order valence-electron chi connectivity index (χ4n) is 3.35. The summed E-state index contributed by atoms with van der Waals surface area (Å²) in [6.07, 6.45) is 0. The molecular weight excluding hydrogens is 460 g/mol. The van der Waals surface area contributed by atoms with Crippen LogP contribution in [0.2, 0.25) is 0 Å². The Hall–Kier alpha value is -4.51. The van der Waals surface area contributed by atoms with E-state index in [1.165, 1.54) is 6.92 Å². The van der Waals surface area contributed by atoms with Crippen molar-refractivity contribution in [1.29, 1.82) is 5.26 Å². The molecule has 1 atom stereocenters. The highest BCUT2D eigenvalue weighted by Crippen LogP contribution is 2.33. The van der Waals surface area contributed by atoms with Gasteiger partial charge in [-0.25, -0.2) is 4.79 Å². The van der Waals surface area contributed by atoms with E-state index in [1.807, 2.05) is 30.3 Å². The highest BCUT2D eigenvalue weighted by molar-refractivity contribution is 5.71. The number of nitriles is 1. The predicted octanol–water partition coefficient (Wildman–Crippen LogP) is 4.80. The Kier molecular flexibility index (Phi) is 9.71. The first kappa shape index (κ1) is 26.1. The molecule has 0 aliphatic rings. The van der Waals surface area contributed by atoms with E-state index in [1.54, 1.807) is 49.4 Å². The molecule has 0 radical (unpaired) electrons. The molecule has 8 nitrogen and oxygen atoms in total. The van der Waals surface area contributed by atoms with E-state index in [0.717, 1.165) is 5.56 Å². The average molecular weight is 489 g/mol. The summed E-state index contributed by atoms with van der Waals surface area (Å²) < 4.78 is 22.1. The van der Waals surface area contributed by atoms with Crippen LogP contribution in [0.25, 0.3) is 0 Å². The number of carbonyl (C=O) groups excluding carboxylic acids is 2. The molecule has 0 aliphatic heterocycles.